The summed E-state index contributed by atoms with van der Waals surface area (Å²) in [5, 5.41) is 0. The van der Waals surface area contributed by atoms with Crippen molar-refractivity contribution >= 4 is 18.7 Å². The van der Waals surface area contributed by atoms with Gasteiger partial charge >= 0.3 is 0 Å². The van der Waals surface area contributed by atoms with Crippen LogP contribution in [0.3, 0.4) is 0 Å². The molecular weight excluding hydrogens is 224 g/mol. The predicted molar refractivity (Wildman–Crippen MR) is 81.6 cm³/mol. The van der Waals surface area contributed by atoms with Gasteiger partial charge in [-0.3, -0.25) is 0 Å². The van der Waals surface area contributed by atoms with Crippen molar-refractivity contribution in [3.05, 3.63) is 63.6 Å². The first-order chi connectivity index (χ1) is 8.02. The van der Waals surface area contributed by atoms with Gasteiger partial charge in [0.15, 0.2) is 0 Å². The van der Waals surface area contributed by atoms with Crippen LogP contribution in [0.2, 0.25) is 0 Å². The normalized spacial score (nSPS) is 12.9. The molecule has 1 aromatic rings. The molecule has 0 nitrogen and oxygen atoms in total. The zero-order valence-corrected chi connectivity index (χ0v) is 11.9. The Morgan fingerprint density at radius 2 is 1.71 bits per heavy atom. The minimum Gasteiger partial charge on any atom is -0.148 e. The molecule has 1 rings (SSSR count). The highest BCUT2D eigenvalue weighted by atomic mass is 32.1. The van der Waals surface area contributed by atoms with Crippen molar-refractivity contribution in [2.24, 2.45) is 0 Å². The Balaban J connectivity index is 2.83. The first kappa shape index (κ1) is 13.9. The quantitative estimate of drug-likeness (QED) is 0.560. The predicted octanol–water partition coefficient (Wildman–Crippen LogP) is 5.01. The largest absolute Gasteiger partial charge is 0.148 e. The molecule has 0 atom stereocenters. The van der Waals surface area contributed by atoms with E-state index in [9.17, 15) is 0 Å². The van der Waals surface area contributed by atoms with Crippen LogP contribution in [0.25, 0.3) is 6.08 Å². The maximum atomic E-state index is 4.20. The Labute approximate surface area is 110 Å². The number of hydrogen-bond acceptors (Lipinski definition) is 1. The van der Waals surface area contributed by atoms with Crippen molar-refractivity contribution in [3.63, 3.8) is 0 Å². The summed E-state index contributed by atoms with van der Waals surface area (Å²) in [6, 6.07) is 4.34. The summed E-state index contributed by atoms with van der Waals surface area (Å²) in [6.07, 6.45) is 10.2. The van der Waals surface area contributed by atoms with Gasteiger partial charge in [0, 0.05) is 0 Å². The van der Waals surface area contributed by atoms with E-state index in [1.165, 1.54) is 22.3 Å². The van der Waals surface area contributed by atoms with Gasteiger partial charge in [-0.05, 0) is 54.9 Å². The molecule has 90 valence electrons. The van der Waals surface area contributed by atoms with E-state index in [0.29, 0.717) is 0 Å². The number of benzene rings is 1. The van der Waals surface area contributed by atoms with Crippen molar-refractivity contribution in [2.45, 2.75) is 27.7 Å². The highest BCUT2D eigenvalue weighted by molar-refractivity contribution is 7.84. The van der Waals surface area contributed by atoms with Crippen LogP contribution in [0.4, 0.5) is 0 Å². The van der Waals surface area contributed by atoms with E-state index in [-0.39, 0.29) is 0 Å². The topological polar surface area (TPSA) is 0 Å². The zero-order valence-electron chi connectivity index (χ0n) is 11.0. The average Bonchev–Trinajstić information content (AvgIpc) is 2.28. The van der Waals surface area contributed by atoms with E-state index in [1.54, 1.807) is 0 Å². The fourth-order valence-electron chi connectivity index (χ4n) is 1.58. The third kappa shape index (κ3) is 4.27. The van der Waals surface area contributed by atoms with Crippen molar-refractivity contribution in [3.8, 4) is 0 Å². The van der Waals surface area contributed by atoms with Gasteiger partial charge in [-0.25, -0.2) is 0 Å². The number of hydrogen-bond donors (Lipinski definition) is 1. The second-order valence-corrected chi connectivity index (χ2v) is 4.98. The van der Waals surface area contributed by atoms with E-state index >= 15 is 0 Å². The third-order valence-corrected chi connectivity index (χ3v) is 3.08. The first-order valence-electron chi connectivity index (χ1n) is 5.79. The fraction of sp³-hybridized carbons (Fsp3) is 0.250. The van der Waals surface area contributed by atoms with E-state index in [0.717, 1.165) is 4.91 Å². The molecule has 0 saturated carbocycles. The molecule has 0 spiro atoms. The van der Waals surface area contributed by atoms with E-state index in [1.807, 2.05) is 25.2 Å². The monoisotopic (exact) mass is 244 g/mol. The Bertz CT molecular complexity index is 473. The van der Waals surface area contributed by atoms with Crippen LogP contribution in [0, 0.1) is 20.8 Å². The Kier molecular flexibility index (Phi) is 5.30. The molecule has 0 N–H and O–H groups in total. The molecule has 0 heterocycles. The number of rotatable bonds is 3. The summed E-state index contributed by atoms with van der Waals surface area (Å²) in [4.78, 5) is 1.01. The van der Waals surface area contributed by atoms with Gasteiger partial charge in [0.25, 0.3) is 0 Å². The van der Waals surface area contributed by atoms with Crippen molar-refractivity contribution in [2.75, 3.05) is 0 Å². The summed E-state index contributed by atoms with van der Waals surface area (Å²) in [7, 11) is 0. The molecule has 0 unspecified atom stereocenters. The molecule has 0 aromatic heterocycles. The molecule has 1 aromatic carbocycles. The molecule has 17 heavy (non-hydrogen) atoms. The maximum Gasteiger partial charge on any atom is -0.0215 e. The second-order valence-electron chi connectivity index (χ2n) is 4.27. The van der Waals surface area contributed by atoms with Gasteiger partial charge in [0.05, 0.1) is 0 Å². The van der Waals surface area contributed by atoms with Gasteiger partial charge in [0.1, 0.15) is 0 Å². The van der Waals surface area contributed by atoms with Crippen molar-refractivity contribution < 1.29 is 0 Å². The summed E-state index contributed by atoms with van der Waals surface area (Å²) in [5.74, 6) is 0. The zero-order chi connectivity index (χ0) is 12.8. The van der Waals surface area contributed by atoms with Gasteiger partial charge < -0.3 is 0 Å². The summed E-state index contributed by atoms with van der Waals surface area (Å²) in [5.41, 5.74) is 5.37. The lowest BCUT2D eigenvalue weighted by Crippen LogP contribution is -1.89. The van der Waals surface area contributed by atoms with Crippen LogP contribution in [-0.2, 0) is 0 Å². The lowest BCUT2D eigenvalue weighted by molar-refractivity contribution is 1.26. The van der Waals surface area contributed by atoms with Crippen molar-refractivity contribution in [1.82, 2.24) is 0 Å². The molecule has 0 amide bonds. The standard InChI is InChI=1S/C16H20S/c1-12-10-11-16(15(4)14(12)3)9-7-5-6-8-13(2)17/h5-11,17H,1-4H3/b6-5-,9-7+,13-8-. The van der Waals surface area contributed by atoms with Crippen LogP contribution in [-0.4, -0.2) is 0 Å². The maximum absolute atomic E-state index is 4.20. The van der Waals surface area contributed by atoms with Crippen LogP contribution in [0.1, 0.15) is 29.2 Å². The Morgan fingerprint density at radius 1 is 1.00 bits per heavy atom. The molecule has 0 fully saturated rings. The van der Waals surface area contributed by atoms with Gasteiger partial charge in [-0.1, -0.05) is 42.5 Å². The molecule has 0 radical (unpaired) electrons. The summed E-state index contributed by atoms with van der Waals surface area (Å²) >= 11 is 4.20. The van der Waals surface area contributed by atoms with Gasteiger partial charge in [-0.2, -0.15) is 0 Å². The van der Waals surface area contributed by atoms with Crippen LogP contribution < -0.4 is 0 Å². The minimum atomic E-state index is 1.01. The molecule has 0 aliphatic heterocycles. The summed E-state index contributed by atoms with van der Waals surface area (Å²) in [6.45, 7) is 8.45. The van der Waals surface area contributed by atoms with Crippen molar-refractivity contribution in [1.29, 1.82) is 0 Å². The second kappa shape index (κ2) is 6.51. The number of aryl methyl sites for hydroxylation is 1. The lowest BCUT2D eigenvalue weighted by Gasteiger charge is -2.07. The lowest BCUT2D eigenvalue weighted by atomic mass is 9.99. The van der Waals surface area contributed by atoms with Gasteiger partial charge in [-0.15, -0.1) is 12.6 Å². The molecule has 1 heteroatoms. The third-order valence-electron chi connectivity index (χ3n) is 2.94. The molecule has 0 aliphatic rings. The molecule has 0 saturated heterocycles. The first-order valence-corrected chi connectivity index (χ1v) is 6.24. The van der Waals surface area contributed by atoms with E-state index in [4.69, 9.17) is 0 Å². The molecule has 0 aliphatic carbocycles. The van der Waals surface area contributed by atoms with Crippen LogP contribution >= 0.6 is 12.6 Å². The molecular formula is C16H20S. The highest BCUT2D eigenvalue weighted by Crippen LogP contribution is 2.18. The SMILES string of the molecule is C/C(S)=C/C=C\C=C\c1ccc(C)c(C)c1C. The fourth-order valence-corrected chi connectivity index (χ4v) is 1.66. The summed E-state index contributed by atoms with van der Waals surface area (Å²) < 4.78 is 0. The Hall–Kier alpha value is -1.21. The van der Waals surface area contributed by atoms with Gasteiger partial charge in [0.2, 0.25) is 0 Å². The number of allylic oxidation sites excluding steroid dienone is 5. The average molecular weight is 244 g/mol. The van der Waals surface area contributed by atoms with Crippen LogP contribution in [0.5, 0.6) is 0 Å². The van der Waals surface area contributed by atoms with E-state index < -0.39 is 0 Å². The van der Waals surface area contributed by atoms with Crippen LogP contribution in [0.15, 0.2) is 41.3 Å². The highest BCUT2D eigenvalue weighted by Gasteiger charge is 1.99. The smallest absolute Gasteiger partial charge is 0.0215 e. The minimum absolute atomic E-state index is 1.01. The molecule has 0 bridgehead atoms. The Morgan fingerprint density at radius 3 is 2.35 bits per heavy atom. The van der Waals surface area contributed by atoms with E-state index in [2.05, 4.69) is 57.7 Å². The number of thiol groups is 1.